The van der Waals surface area contributed by atoms with Crippen molar-refractivity contribution in [1.29, 1.82) is 0 Å². The van der Waals surface area contributed by atoms with Crippen molar-refractivity contribution in [3.8, 4) is 17.2 Å². The molecule has 2 aromatic carbocycles. The van der Waals surface area contributed by atoms with Crippen molar-refractivity contribution in [3.63, 3.8) is 0 Å². The first-order chi connectivity index (χ1) is 13.3. The zero-order valence-electron chi connectivity index (χ0n) is 15.1. The minimum atomic E-state index is -3.93. The number of carbonyl (C=O) groups is 1. The number of nitrogens with zero attached hydrogens (tertiary/aromatic N) is 2. The molecule has 0 aliphatic carbocycles. The summed E-state index contributed by atoms with van der Waals surface area (Å²) in [6.45, 7) is 1.41. The molecular weight excluding hydrogens is 386 g/mol. The summed E-state index contributed by atoms with van der Waals surface area (Å²) in [6.07, 6.45) is 0. The molecule has 0 saturated heterocycles. The number of nitrogens with two attached hydrogens (primary N) is 1. The van der Waals surface area contributed by atoms with Gasteiger partial charge in [-0.1, -0.05) is 11.2 Å². The highest BCUT2D eigenvalue weighted by atomic mass is 32.2. The average Bonchev–Trinajstić information content (AvgIpc) is 3.14. The van der Waals surface area contributed by atoms with Crippen molar-refractivity contribution in [1.82, 2.24) is 10.1 Å². The van der Waals surface area contributed by atoms with Crippen LogP contribution in [-0.2, 0) is 21.4 Å². The number of aromatic nitrogens is 2. The molecule has 1 heterocycles. The second kappa shape index (κ2) is 7.79. The van der Waals surface area contributed by atoms with Crippen LogP contribution >= 0.6 is 0 Å². The molecule has 0 amide bonds. The van der Waals surface area contributed by atoms with Crippen LogP contribution in [0.4, 0.5) is 0 Å². The Morgan fingerprint density at radius 3 is 2.54 bits per heavy atom. The van der Waals surface area contributed by atoms with Crippen molar-refractivity contribution in [2.75, 3.05) is 7.11 Å². The van der Waals surface area contributed by atoms with Crippen molar-refractivity contribution in [2.45, 2.75) is 18.4 Å². The normalized spacial score (nSPS) is 11.2. The van der Waals surface area contributed by atoms with Gasteiger partial charge < -0.3 is 14.0 Å². The summed E-state index contributed by atoms with van der Waals surface area (Å²) >= 11 is 0. The molecule has 0 spiro atoms. The lowest BCUT2D eigenvalue weighted by atomic mass is 10.1. The molecular formula is C18H17N3O6S. The van der Waals surface area contributed by atoms with E-state index in [0.29, 0.717) is 16.9 Å². The quantitative estimate of drug-likeness (QED) is 0.618. The van der Waals surface area contributed by atoms with Gasteiger partial charge in [-0.3, -0.25) is 0 Å². The van der Waals surface area contributed by atoms with Crippen LogP contribution in [0.15, 0.2) is 51.9 Å². The minimum absolute atomic E-state index is 0.0883. The third-order valence-corrected chi connectivity index (χ3v) is 4.81. The van der Waals surface area contributed by atoms with E-state index in [1.807, 2.05) is 0 Å². The lowest BCUT2D eigenvalue weighted by Crippen LogP contribution is -2.14. The Kier molecular flexibility index (Phi) is 5.43. The van der Waals surface area contributed by atoms with Gasteiger partial charge in [0.25, 0.3) is 5.89 Å². The van der Waals surface area contributed by atoms with Gasteiger partial charge in [0, 0.05) is 5.56 Å². The minimum Gasteiger partial charge on any atom is -0.497 e. The van der Waals surface area contributed by atoms with E-state index in [0.717, 1.165) is 0 Å². The molecule has 0 atom stereocenters. The van der Waals surface area contributed by atoms with Crippen molar-refractivity contribution < 1.29 is 27.2 Å². The fourth-order valence-corrected chi connectivity index (χ4v) is 2.91. The third kappa shape index (κ3) is 4.35. The second-order valence-corrected chi connectivity index (χ2v) is 7.40. The highest BCUT2D eigenvalue weighted by Gasteiger charge is 2.17. The molecule has 146 valence electrons. The number of primary sulfonamides is 1. The third-order valence-electron chi connectivity index (χ3n) is 3.89. The highest BCUT2D eigenvalue weighted by molar-refractivity contribution is 7.89. The van der Waals surface area contributed by atoms with Crippen molar-refractivity contribution in [3.05, 3.63) is 59.4 Å². The average molecular weight is 403 g/mol. The maximum atomic E-state index is 12.3. The number of esters is 1. The molecule has 0 aliphatic rings. The van der Waals surface area contributed by atoms with Crippen LogP contribution in [0.1, 0.15) is 21.7 Å². The molecule has 0 aliphatic heterocycles. The van der Waals surface area contributed by atoms with E-state index in [1.54, 1.807) is 38.3 Å². The number of carbonyl (C=O) groups excluding carboxylic acids is 1. The van der Waals surface area contributed by atoms with E-state index in [-0.39, 0.29) is 28.8 Å². The Bertz CT molecular complexity index is 1110. The van der Waals surface area contributed by atoms with Gasteiger partial charge in [-0.15, -0.1) is 0 Å². The lowest BCUT2D eigenvalue weighted by molar-refractivity contribution is 0.0458. The van der Waals surface area contributed by atoms with E-state index in [9.17, 15) is 13.2 Å². The fourth-order valence-electron chi connectivity index (χ4n) is 2.37. The number of aryl methyl sites for hydroxylation is 1. The maximum absolute atomic E-state index is 12.3. The standard InChI is InChI=1S/C18H17N3O6S/c1-11-3-8-14(28(19,23)24)9-15(11)18(22)26-10-16-20-17(27-21-16)12-4-6-13(25-2)7-5-12/h3-9H,10H2,1-2H3,(H2,19,23,24). The molecule has 0 bridgehead atoms. The van der Waals surface area contributed by atoms with E-state index < -0.39 is 16.0 Å². The number of sulfonamides is 1. The van der Waals surface area contributed by atoms with Crippen LogP contribution in [0.25, 0.3) is 11.5 Å². The number of rotatable bonds is 6. The molecule has 9 nitrogen and oxygen atoms in total. The smallest absolute Gasteiger partial charge is 0.338 e. The first kappa shape index (κ1) is 19.5. The van der Waals surface area contributed by atoms with Gasteiger partial charge in [0.05, 0.1) is 17.6 Å². The molecule has 3 aromatic rings. The summed E-state index contributed by atoms with van der Waals surface area (Å²) in [5, 5.41) is 8.87. The summed E-state index contributed by atoms with van der Waals surface area (Å²) < 4.78 is 38.3. The summed E-state index contributed by atoms with van der Waals surface area (Å²) in [5.41, 5.74) is 1.32. The predicted octanol–water partition coefficient (Wildman–Crippen LogP) is 2.06. The summed E-state index contributed by atoms with van der Waals surface area (Å²) in [6, 6.07) is 11.0. The number of benzene rings is 2. The van der Waals surface area contributed by atoms with Crippen LogP contribution in [-0.4, -0.2) is 31.6 Å². The monoisotopic (exact) mass is 403 g/mol. The predicted molar refractivity (Wildman–Crippen MR) is 98.0 cm³/mol. The van der Waals surface area contributed by atoms with Gasteiger partial charge in [0.1, 0.15) is 5.75 Å². The number of methoxy groups -OCH3 is 1. The van der Waals surface area contributed by atoms with Gasteiger partial charge in [0.15, 0.2) is 6.61 Å². The molecule has 2 N–H and O–H groups in total. The number of ether oxygens (including phenoxy) is 2. The molecule has 0 radical (unpaired) electrons. The van der Waals surface area contributed by atoms with Gasteiger partial charge in [-0.25, -0.2) is 18.4 Å². The van der Waals surface area contributed by atoms with Crippen LogP contribution in [0.2, 0.25) is 0 Å². The second-order valence-electron chi connectivity index (χ2n) is 5.84. The van der Waals surface area contributed by atoms with E-state index in [4.69, 9.17) is 19.1 Å². The first-order valence-electron chi connectivity index (χ1n) is 8.05. The van der Waals surface area contributed by atoms with Gasteiger partial charge in [-0.2, -0.15) is 4.98 Å². The van der Waals surface area contributed by atoms with Crippen molar-refractivity contribution >= 4 is 16.0 Å². The zero-order valence-corrected chi connectivity index (χ0v) is 15.9. The Morgan fingerprint density at radius 2 is 1.89 bits per heavy atom. The first-order valence-corrected chi connectivity index (χ1v) is 9.60. The Labute approximate surface area is 161 Å². The fraction of sp³-hybridized carbons (Fsp3) is 0.167. The van der Waals surface area contributed by atoms with Crippen LogP contribution in [0.3, 0.4) is 0 Å². The van der Waals surface area contributed by atoms with Crippen LogP contribution in [0, 0.1) is 6.92 Å². The summed E-state index contributed by atoms with van der Waals surface area (Å²) in [5.74, 6) is 0.397. The van der Waals surface area contributed by atoms with E-state index in [2.05, 4.69) is 10.1 Å². The van der Waals surface area contributed by atoms with Gasteiger partial charge in [0.2, 0.25) is 15.8 Å². The SMILES string of the molecule is COc1ccc(-c2nc(COC(=O)c3cc(S(N)(=O)=O)ccc3C)no2)cc1. The molecule has 0 fully saturated rings. The zero-order chi connectivity index (χ0) is 20.3. The lowest BCUT2D eigenvalue weighted by Gasteiger charge is -2.07. The van der Waals surface area contributed by atoms with Crippen molar-refractivity contribution in [2.24, 2.45) is 5.14 Å². The number of hydrogen-bond donors (Lipinski definition) is 1. The molecule has 3 rings (SSSR count). The molecule has 28 heavy (non-hydrogen) atoms. The summed E-state index contributed by atoms with van der Waals surface area (Å²) in [7, 11) is -2.37. The molecule has 1 aromatic heterocycles. The van der Waals surface area contributed by atoms with E-state index in [1.165, 1.54) is 18.2 Å². The Balaban J connectivity index is 1.71. The van der Waals surface area contributed by atoms with Crippen LogP contribution in [0.5, 0.6) is 5.75 Å². The van der Waals surface area contributed by atoms with Gasteiger partial charge in [-0.05, 0) is 48.9 Å². The van der Waals surface area contributed by atoms with Gasteiger partial charge >= 0.3 is 5.97 Å². The Hall–Kier alpha value is -3.24. The van der Waals surface area contributed by atoms with Crippen LogP contribution < -0.4 is 9.88 Å². The maximum Gasteiger partial charge on any atom is 0.338 e. The largest absolute Gasteiger partial charge is 0.497 e. The van der Waals surface area contributed by atoms with E-state index >= 15 is 0 Å². The highest BCUT2D eigenvalue weighted by Crippen LogP contribution is 2.21. The molecule has 0 unspecified atom stereocenters. The topological polar surface area (TPSA) is 135 Å². The summed E-state index contributed by atoms with van der Waals surface area (Å²) in [4.78, 5) is 16.3. The number of hydrogen-bond acceptors (Lipinski definition) is 8. The Morgan fingerprint density at radius 1 is 1.18 bits per heavy atom. The molecule has 10 heteroatoms. The molecule has 0 saturated carbocycles.